The quantitative estimate of drug-likeness (QED) is 0.840. The minimum atomic E-state index is 0.271. The van der Waals surface area contributed by atoms with Crippen LogP contribution in [0.3, 0.4) is 0 Å². The van der Waals surface area contributed by atoms with Gasteiger partial charge in [0.2, 0.25) is 0 Å². The molecule has 2 rings (SSSR count). The highest BCUT2D eigenvalue weighted by Crippen LogP contribution is 2.18. The number of piperidine rings is 1. The third-order valence-corrected chi connectivity index (χ3v) is 3.30. The fourth-order valence-corrected chi connectivity index (χ4v) is 2.65. The first kappa shape index (κ1) is 12.1. The van der Waals surface area contributed by atoms with Crippen LogP contribution in [-0.2, 0) is 6.54 Å². The van der Waals surface area contributed by atoms with E-state index in [9.17, 15) is 0 Å². The lowest BCUT2D eigenvalue weighted by Crippen LogP contribution is -2.45. The third-order valence-electron chi connectivity index (χ3n) is 3.30. The zero-order chi connectivity index (χ0) is 12.3. The van der Waals surface area contributed by atoms with Crippen LogP contribution in [0.1, 0.15) is 24.5 Å². The van der Waals surface area contributed by atoms with E-state index in [1.165, 1.54) is 0 Å². The Labute approximate surface area is 103 Å². The Morgan fingerprint density at radius 1 is 1.41 bits per heavy atom. The minimum Gasteiger partial charge on any atom is -0.327 e. The van der Waals surface area contributed by atoms with Crippen LogP contribution in [0.25, 0.3) is 0 Å². The van der Waals surface area contributed by atoms with Crippen LogP contribution in [0.4, 0.5) is 0 Å². The molecule has 17 heavy (non-hydrogen) atoms. The number of hydrogen-bond acceptors (Lipinski definition) is 3. The highest BCUT2D eigenvalue weighted by atomic mass is 15.1. The number of likely N-dealkylation sites (tertiary alicyclic amines) is 1. The van der Waals surface area contributed by atoms with E-state index in [0.29, 0.717) is 5.92 Å². The van der Waals surface area contributed by atoms with Gasteiger partial charge in [-0.05, 0) is 24.0 Å². The van der Waals surface area contributed by atoms with Gasteiger partial charge in [-0.1, -0.05) is 25.1 Å². The molecule has 0 spiro atoms. The summed E-state index contributed by atoms with van der Waals surface area (Å²) in [5.74, 6) is 0.646. The van der Waals surface area contributed by atoms with Crippen molar-refractivity contribution in [1.29, 1.82) is 5.26 Å². The number of rotatable bonds is 2. The van der Waals surface area contributed by atoms with Crippen molar-refractivity contribution in [2.24, 2.45) is 11.7 Å². The summed E-state index contributed by atoms with van der Waals surface area (Å²) in [5, 5.41) is 9.06. The molecular weight excluding hydrogens is 210 g/mol. The lowest BCUT2D eigenvalue weighted by Gasteiger charge is -2.34. The summed E-state index contributed by atoms with van der Waals surface area (Å²) in [7, 11) is 0. The number of hydrogen-bond donors (Lipinski definition) is 1. The Kier molecular flexibility index (Phi) is 3.78. The van der Waals surface area contributed by atoms with Gasteiger partial charge < -0.3 is 5.73 Å². The predicted molar refractivity (Wildman–Crippen MR) is 68.2 cm³/mol. The van der Waals surface area contributed by atoms with Gasteiger partial charge in [0.25, 0.3) is 0 Å². The molecule has 1 aromatic carbocycles. The molecule has 2 unspecified atom stereocenters. The summed E-state index contributed by atoms with van der Waals surface area (Å²) in [6, 6.07) is 10.3. The van der Waals surface area contributed by atoms with E-state index in [2.05, 4.69) is 17.9 Å². The van der Waals surface area contributed by atoms with E-state index in [1.54, 1.807) is 0 Å². The second-order valence-corrected chi connectivity index (χ2v) is 5.06. The molecule has 1 aromatic rings. The van der Waals surface area contributed by atoms with E-state index >= 15 is 0 Å². The lowest BCUT2D eigenvalue weighted by atomic mass is 9.96. The van der Waals surface area contributed by atoms with Crippen LogP contribution < -0.4 is 5.73 Å². The fourth-order valence-electron chi connectivity index (χ4n) is 2.65. The molecule has 2 N–H and O–H groups in total. The summed E-state index contributed by atoms with van der Waals surface area (Å²) >= 11 is 0. The van der Waals surface area contributed by atoms with Crippen LogP contribution >= 0.6 is 0 Å². The third kappa shape index (κ3) is 3.06. The van der Waals surface area contributed by atoms with E-state index in [1.807, 2.05) is 24.3 Å². The highest BCUT2D eigenvalue weighted by Gasteiger charge is 2.22. The molecule has 1 heterocycles. The largest absolute Gasteiger partial charge is 0.327 e. The molecule has 1 fully saturated rings. The average molecular weight is 229 g/mol. The molecule has 3 nitrogen and oxygen atoms in total. The fraction of sp³-hybridized carbons (Fsp3) is 0.500. The molecule has 1 aliphatic rings. The maximum absolute atomic E-state index is 9.06. The first-order chi connectivity index (χ1) is 8.19. The smallest absolute Gasteiger partial charge is 0.0995 e. The van der Waals surface area contributed by atoms with Gasteiger partial charge in [-0.2, -0.15) is 5.26 Å². The Morgan fingerprint density at radius 2 is 2.18 bits per heavy atom. The van der Waals surface area contributed by atoms with Crippen molar-refractivity contribution in [3.05, 3.63) is 35.4 Å². The summed E-state index contributed by atoms with van der Waals surface area (Å²) in [4.78, 5) is 2.36. The molecule has 90 valence electrons. The molecule has 2 atom stereocenters. The van der Waals surface area contributed by atoms with Gasteiger partial charge in [0, 0.05) is 25.7 Å². The molecule has 0 radical (unpaired) electrons. The van der Waals surface area contributed by atoms with Crippen LogP contribution in [0, 0.1) is 17.2 Å². The molecule has 0 saturated carbocycles. The molecule has 0 amide bonds. The molecule has 0 bridgehead atoms. The molecule has 1 saturated heterocycles. The van der Waals surface area contributed by atoms with E-state index in [4.69, 9.17) is 11.0 Å². The van der Waals surface area contributed by atoms with Gasteiger partial charge >= 0.3 is 0 Å². The average Bonchev–Trinajstić information content (AvgIpc) is 2.28. The van der Waals surface area contributed by atoms with Crippen LogP contribution in [-0.4, -0.2) is 24.0 Å². The highest BCUT2D eigenvalue weighted by molar-refractivity contribution is 5.37. The Bertz CT molecular complexity index is 412. The van der Waals surface area contributed by atoms with Crippen molar-refractivity contribution in [2.75, 3.05) is 13.1 Å². The van der Waals surface area contributed by atoms with Gasteiger partial charge in [-0.25, -0.2) is 0 Å². The second kappa shape index (κ2) is 5.31. The van der Waals surface area contributed by atoms with E-state index < -0.39 is 0 Å². The summed E-state index contributed by atoms with van der Waals surface area (Å²) in [5.41, 5.74) is 7.92. The van der Waals surface area contributed by atoms with Crippen LogP contribution in [0.5, 0.6) is 0 Å². The summed E-state index contributed by atoms with van der Waals surface area (Å²) in [6.45, 7) is 5.08. The Hall–Kier alpha value is -1.37. The molecule has 1 aliphatic heterocycles. The van der Waals surface area contributed by atoms with Gasteiger partial charge in [-0.15, -0.1) is 0 Å². The van der Waals surface area contributed by atoms with Crippen molar-refractivity contribution in [3.63, 3.8) is 0 Å². The lowest BCUT2D eigenvalue weighted by molar-refractivity contribution is 0.158. The monoisotopic (exact) mass is 229 g/mol. The van der Waals surface area contributed by atoms with E-state index in [-0.39, 0.29) is 6.04 Å². The molecule has 0 aliphatic carbocycles. The Morgan fingerprint density at radius 3 is 2.88 bits per heavy atom. The first-order valence-corrected chi connectivity index (χ1v) is 6.15. The van der Waals surface area contributed by atoms with Crippen molar-refractivity contribution in [1.82, 2.24) is 4.90 Å². The van der Waals surface area contributed by atoms with Crippen molar-refractivity contribution in [3.8, 4) is 6.07 Å². The number of benzene rings is 1. The molecule has 3 heteroatoms. The topological polar surface area (TPSA) is 53.0 Å². The normalized spacial score (nSPS) is 25.5. The van der Waals surface area contributed by atoms with Crippen molar-refractivity contribution in [2.45, 2.75) is 25.9 Å². The minimum absolute atomic E-state index is 0.271. The predicted octanol–water partition coefficient (Wildman–Crippen LogP) is 1.73. The van der Waals surface area contributed by atoms with Crippen molar-refractivity contribution >= 4 is 0 Å². The maximum Gasteiger partial charge on any atom is 0.0995 e. The number of nitrogens with zero attached hydrogens (tertiary/aromatic N) is 2. The maximum atomic E-state index is 9.06. The summed E-state index contributed by atoms with van der Waals surface area (Å²) < 4.78 is 0. The standard InChI is InChI=1S/C14H19N3/c1-11-6-14(16)10-17(8-11)9-13-5-3-2-4-12(13)7-15/h2-5,11,14H,6,8-10,16H2,1H3. The summed E-state index contributed by atoms with van der Waals surface area (Å²) in [6.07, 6.45) is 1.11. The molecular formula is C14H19N3. The van der Waals surface area contributed by atoms with Gasteiger partial charge in [-0.3, -0.25) is 4.90 Å². The van der Waals surface area contributed by atoms with Crippen molar-refractivity contribution < 1.29 is 0 Å². The molecule has 0 aromatic heterocycles. The second-order valence-electron chi connectivity index (χ2n) is 5.06. The first-order valence-electron chi connectivity index (χ1n) is 6.15. The van der Waals surface area contributed by atoms with Gasteiger partial charge in [0.1, 0.15) is 0 Å². The SMILES string of the molecule is CC1CC(N)CN(Cc2ccccc2C#N)C1. The van der Waals surface area contributed by atoms with Gasteiger partial charge in [0.05, 0.1) is 11.6 Å². The zero-order valence-corrected chi connectivity index (χ0v) is 10.3. The Balaban J connectivity index is 2.08. The number of nitrogens with two attached hydrogens (primary N) is 1. The zero-order valence-electron chi connectivity index (χ0n) is 10.3. The van der Waals surface area contributed by atoms with Crippen LogP contribution in [0.15, 0.2) is 24.3 Å². The van der Waals surface area contributed by atoms with E-state index in [0.717, 1.165) is 37.2 Å². The van der Waals surface area contributed by atoms with Crippen LogP contribution in [0.2, 0.25) is 0 Å². The number of nitriles is 1. The van der Waals surface area contributed by atoms with Gasteiger partial charge in [0.15, 0.2) is 0 Å².